The van der Waals surface area contributed by atoms with Gasteiger partial charge in [-0.2, -0.15) is 0 Å². The minimum absolute atomic E-state index is 0. The molecule has 0 aliphatic carbocycles. The van der Waals surface area contributed by atoms with E-state index in [0.717, 1.165) is 39.0 Å². The molecular weight excluding hydrogens is 371 g/mol. The van der Waals surface area contributed by atoms with Crippen molar-refractivity contribution in [3.05, 3.63) is 46.5 Å². The number of allylic oxidation sites excluding steroid dienone is 1. The lowest BCUT2D eigenvalue weighted by Gasteiger charge is -2.35. The quantitative estimate of drug-likeness (QED) is 0.737. The highest BCUT2D eigenvalue weighted by Crippen LogP contribution is 2.32. The summed E-state index contributed by atoms with van der Waals surface area (Å²) in [4.78, 5) is 2.59. The molecule has 0 amide bonds. The summed E-state index contributed by atoms with van der Waals surface area (Å²) in [6.45, 7) is 10.4. The topological polar surface area (TPSA) is 15.3 Å². The van der Waals surface area contributed by atoms with Crippen LogP contribution in [0.4, 0.5) is 0 Å². The Balaban J connectivity index is 0.00000200. The van der Waals surface area contributed by atoms with Crippen molar-refractivity contribution in [1.82, 2.24) is 10.2 Å². The number of rotatable bonds is 5. The Labute approximate surface area is 149 Å². The Hall–Kier alpha value is -0.0600. The van der Waals surface area contributed by atoms with Crippen molar-refractivity contribution in [1.29, 1.82) is 0 Å². The minimum Gasteiger partial charge on any atom is -0.314 e. The molecule has 0 saturated carbocycles. The van der Waals surface area contributed by atoms with Crippen LogP contribution >= 0.6 is 40.7 Å². The summed E-state index contributed by atoms with van der Waals surface area (Å²) >= 11 is 3.74. The normalized spacial score (nSPS) is 16.5. The van der Waals surface area contributed by atoms with E-state index in [9.17, 15) is 0 Å². The van der Waals surface area contributed by atoms with Crippen molar-refractivity contribution >= 4 is 40.7 Å². The van der Waals surface area contributed by atoms with Gasteiger partial charge in [-0.05, 0) is 37.0 Å². The highest BCUT2D eigenvalue weighted by Gasteiger charge is 2.23. The van der Waals surface area contributed by atoms with Gasteiger partial charge in [0.2, 0.25) is 0 Å². The maximum atomic E-state index is 3.87. The molecule has 1 aliphatic rings. The summed E-state index contributed by atoms with van der Waals surface area (Å²) in [7, 11) is 0. The first-order valence-corrected chi connectivity index (χ1v) is 7.83. The van der Waals surface area contributed by atoms with Gasteiger partial charge in [0.15, 0.2) is 0 Å². The largest absolute Gasteiger partial charge is 0.314 e. The second-order valence-corrected chi connectivity index (χ2v) is 6.05. The fraction of sp³-hybridized carbons (Fsp3) is 0.500. The van der Waals surface area contributed by atoms with Crippen molar-refractivity contribution in [3.63, 3.8) is 0 Å². The Kier molecular flexibility index (Phi) is 10.6. The van der Waals surface area contributed by atoms with Crippen LogP contribution in [-0.4, -0.2) is 31.1 Å². The molecule has 5 heteroatoms. The molecule has 1 aromatic carbocycles. The first-order valence-electron chi connectivity index (χ1n) is 7.04. The van der Waals surface area contributed by atoms with E-state index in [-0.39, 0.29) is 24.8 Å². The lowest BCUT2D eigenvalue weighted by Crippen LogP contribution is -2.45. The first-order chi connectivity index (χ1) is 9.22. The number of benzene rings is 1. The Morgan fingerprint density at radius 2 is 2.00 bits per heavy atom. The van der Waals surface area contributed by atoms with Crippen LogP contribution in [-0.2, 0) is 0 Å². The average Bonchev–Trinajstić information content (AvgIpc) is 2.42. The van der Waals surface area contributed by atoms with Gasteiger partial charge in [0.1, 0.15) is 0 Å². The van der Waals surface area contributed by atoms with E-state index in [0.29, 0.717) is 6.04 Å². The standard InChI is InChI=1S/C16H23BrN2.2ClH/c1-3-4-5-16(19-10-8-18-9-11-19)14-7-6-13(2)12-15(14)17;;/h3,6-7,12,16,18H,1,4-5,8-11H2,2H3;2*1H/t16-;;/m0../s1. The van der Waals surface area contributed by atoms with Crippen molar-refractivity contribution in [2.45, 2.75) is 25.8 Å². The number of nitrogens with zero attached hydrogens (tertiary/aromatic N) is 1. The third kappa shape index (κ3) is 5.91. The van der Waals surface area contributed by atoms with Crippen molar-refractivity contribution in [3.8, 4) is 0 Å². The molecule has 1 saturated heterocycles. The molecular formula is C16H25BrCl2N2. The predicted octanol–water partition coefficient (Wildman–Crippen LogP) is 4.51. The molecule has 0 aromatic heterocycles. The van der Waals surface area contributed by atoms with Crippen LogP contribution in [0.3, 0.4) is 0 Å². The number of nitrogens with one attached hydrogen (secondary N) is 1. The third-order valence-corrected chi connectivity index (χ3v) is 4.44. The van der Waals surface area contributed by atoms with Gasteiger partial charge in [0.05, 0.1) is 0 Å². The molecule has 1 aromatic rings. The zero-order chi connectivity index (χ0) is 13.7. The predicted molar refractivity (Wildman–Crippen MR) is 100.0 cm³/mol. The summed E-state index contributed by atoms with van der Waals surface area (Å²) in [6, 6.07) is 7.20. The second-order valence-electron chi connectivity index (χ2n) is 5.19. The van der Waals surface area contributed by atoms with E-state index in [1.54, 1.807) is 0 Å². The van der Waals surface area contributed by atoms with Crippen molar-refractivity contribution in [2.24, 2.45) is 0 Å². The summed E-state index contributed by atoms with van der Waals surface area (Å²) in [5, 5.41) is 3.43. The molecule has 1 heterocycles. The molecule has 0 radical (unpaired) electrons. The number of hydrogen-bond donors (Lipinski definition) is 1. The number of aryl methyl sites for hydroxylation is 1. The van der Waals surface area contributed by atoms with Gasteiger partial charge in [0, 0.05) is 36.7 Å². The SMILES string of the molecule is C=CCC[C@@H](c1ccc(C)cc1Br)N1CCNCC1.Cl.Cl. The maximum absolute atomic E-state index is 3.87. The molecule has 1 N–H and O–H groups in total. The van der Waals surface area contributed by atoms with E-state index >= 15 is 0 Å². The van der Waals surface area contributed by atoms with Crippen LogP contribution in [0.2, 0.25) is 0 Å². The van der Waals surface area contributed by atoms with Gasteiger partial charge in [0.25, 0.3) is 0 Å². The van der Waals surface area contributed by atoms with Crippen LogP contribution < -0.4 is 5.32 Å². The fourth-order valence-corrected chi connectivity index (χ4v) is 3.46. The molecule has 2 nitrogen and oxygen atoms in total. The third-order valence-electron chi connectivity index (χ3n) is 3.75. The van der Waals surface area contributed by atoms with Gasteiger partial charge in [-0.1, -0.05) is 34.1 Å². The van der Waals surface area contributed by atoms with Gasteiger partial charge < -0.3 is 5.32 Å². The summed E-state index contributed by atoms with van der Waals surface area (Å²) < 4.78 is 1.24. The highest BCUT2D eigenvalue weighted by atomic mass is 79.9. The van der Waals surface area contributed by atoms with E-state index < -0.39 is 0 Å². The number of halogens is 3. The molecule has 21 heavy (non-hydrogen) atoms. The zero-order valence-electron chi connectivity index (χ0n) is 12.5. The van der Waals surface area contributed by atoms with E-state index in [1.807, 2.05) is 6.08 Å². The van der Waals surface area contributed by atoms with Crippen molar-refractivity contribution < 1.29 is 0 Å². The molecule has 0 spiro atoms. The molecule has 1 aliphatic heterocycles. The Bertz CT molecular complexity index is 434. The summed E-state index contributed by atoms with van der Waals surface area (Å²) in [5.41, 5.74) is 2.72. The highest BCUT2D eigenvalue weighted by molar-refractivity contribution is 9.10. The van der Waals surface area contributed by atoms with Crippen LogP contribution in [0, 0.1) is 6.92 Å². The van der Waals surface area contributed by atoms with Gasteiger partial charge in [-0.3, -0.25) is 4.90 Å². The smallest absolute Gasteiger partial charge is 0.0363 e. The van der Waals surface area contributed by atoms with E-state index in [1.165, 1.54) is 15.6 Å². The second kappa shape index (κ2) is 10.6. The van der Waals surface area contributed by atoms with Crippen LogP contribution in [0.1, 0.15) is 30.0 Å². The summed E-state index contributed by atoms with van der Waals surface area (Å²) in [5.74, 6) is 0. The zero-order valence-corrected chi connectivity index (χ0v) is 15.7. The van der Waals surface area contributed by atoms with Gasteiger partial charge in [-0.25, -0.2) is 0 Å². The number of piperazine rings is 1. The number of hydrogen-bond acceptors (Lipinski definition) is 2. The molecule has 0 unspecified atom stereocenters. The lowest BCUT2D eigenvalue weighted by atomic mass is 9.98. The Morgan fingerprint density at radius 1 is 1.33 bits per heavy atom. The first kappa shape index (κ1) is 20.9. The Morgan fingerprint density at radius 3 is 2.57 bits per heavy atom. The molecule has 120 valence electrons. The van der Waals surface area contributed by atoms with E-state index in [2.05, 4.69) is 57.8 Å². The minimum atomic E-state index is 0. The van der Waals surface area contributed by atoms with Gasteiger partial charge >= 0.3 is 0 Å². The fourth-order valence-electron chi connectivity index (χ4n) is 2.71. The van der Waals surface area contributed by atoms with Crippen LogP contribution in [0.5, 0.6) is 0 Å². The molecule has 2 rings (SSSR count). The van der Waals surface area contributed by atoms with Crippen LogP contribution in [0.25, 0.3) is 0 Å². The molecule has 1 fully saturated rings. The monoisotopic (exact) mass is 394 g/mol. The molecule has 1 atom stereocenters. The van der Waals surface area contributed by atoms with Crippen molar-refractivity contribution in [2.75, 3.05) is 26.2 Å². The van der Waals surface area contributed by atoms with Crippen LogP contribution in [0.15, 0.2) is 35.3 Å². The van der Waals surface area contributed by atoms with Gasteiger partial charge in [-0.15, -0.1) is 31.4 Å². The summed E-state index contributed by atoms with van der Waals surface area (Å²) in [6.07, 6.45) is 4.23. The molecule has 0 bridgehead atoms. The maximum Gasteiger partial charge on any atom is 0.0363 e. The lowest BCUT2D eigenvalue weighted by molar-refractivity contribution is 0.165. The van der Waals surface area contributed by atoms with E-state index in [4.69, 9.17) is 0 Å². The average molecular weight is 396 g/mol.